The molecular formula is C24H28ClN3O3. The van der Waals surface area contributed by atoms with Crippen LogP contribution in [0.2, 0.25) is 5.02 Å². The summed E-state index contributed by atoms with van der Waals surface area (Å²) in [6.45, 7) is 2.60. The zero-order valence-electron chi connectivity index (χ0n) is 17.7. The summed E-state index contributed by atoms with van der Waals surface area (Å²) < 4.78 is 1.60. The summed E-state index contributed by atoms with van der Waals surface area (Å²) in [6, 6.07) is 8.19. The van der Waals surface area contributed by atoms with E-state index >= 15 is 0 Å². The first kappa shape index (κ1) is 20.6. The zero-order valence-corrected chi connectivity index (χ0v) is 18.5. The van der Waals surface area contributed by atoms with Gasteiger partial charge in [-0.05, 0) is 68.3 Å². The van der Waals surface area contributed by atoms with Crippen LogP contribution in [-0.2, 0) is 16.9 Å². The summed E-state index contributed by atoms with van der Waals surface area (Å²) in [4.78, 5) is 24.9. The molecule has 4 fully saturated rings. The Kier molecular flexibility index (Phi) is 4.88. The van der Waals surface area contributed by atoms with Crippen LogP contribution in [0.15, 0.2) is 35.3 Å². The van der Waals surface area contributed by atoms with Gasteiger partial charge in [0.05, 0.1) is 23.8 Å². The second kappa shape index (κ2) is 7.37. The Morgan fingerprint density at radius 1 is 1.23 bits per heavy atom. The molecule has 0 saturated heterocycles. The summed E-state index contributed by atoms with van der Waals surface area (Å²) in [5.41, 5.74) is 1.93. The Labute approximate surface area is 186 Å². The van der Waals surface area contributed by atoms with Crippen LogP contribution < -0.4 is 10.9 Å². The van der Waals surface area contributed by atoms with E-state index < -0.39 is 11.5 Å². The maximum absolute atomic E-state index is 13.3. The average Bonchev–Trinajstić information content (AvgIpc) is 2.68. The first-order valence-corrected chi connectivity index (χ1v) is 11.4. The highest BCUT2D eigenvalue weighted by Gasteiger charge is 2.59. The first-order valence-electron chi connectivity index (χ1n) is 11.1. The SMILES string of the molecule is Cc1ccc(CNc2cnn(C34CC5CC(CC(CC(=O)O)(C5)C3)C4)c(=O)c2Cl)cc1. The Hall–Kier alpha value is -2.34. The fourth-order valence-corrected chi connectivity index (χ4v) is 7.17. The van der Waals surface area contributed by atoms with E-state index in [1.165, 1.54) is 5.56 Å². The Bertz CT molecular complexity index is 1060. The topological polar surface area (TPSA) is 84.2 Å². The third kappa shape index (κ3) is 3.65. The van der Waals surface area contributed by atoms with Crippen molar-refractivity contribution >= 4 is 23.3 Å². The number of benzene rings is 1. The van der Waals surface area contributed by atoms with Crippen molar-refractivity contribution in [2.24, 2.45) is 17.3 Å². The minimum atomic E-state index is -0.744. The first-order chi connectivity index (χ1) is 14.8. The molecule has 4 bridgehead atoms. The van der Waals surface area contributed by atoms with Gasteiger partial charge < -0.3 is 10.4 Å². The molecule has 0 amide bonds. The molecule has 2 N–H and O–H groups in total. The van der Waals surface area contributed by atoms with Gasteiger partial charge in [-0.25, -0.2) is 4.68 Å². The lowest BCUT2D eigenvalue weighted by Crippen LogP contribution is -2.59. The predicted molar refractivity (Wildman–Crippen MR) is 119 cm³/mol. The van der Waals surface area contributed by atoms with E-state index in [2.05, 4.69) is 22.5 Å². The van der Waals surface area contributed by atoms with Crippen LogP contribution in [0.1, 0.15) is 56.1 Å². The number of aryl methyl sites for hydroxylation is 1. The van der Waals surface area contributed by atoms with Gasteiger partial charge in [-0.1, -0.05) is 41.4 Å². The van der Waals surface area contributed by atoms with E-state index in [4.69, 9.17) is 11.6 Å². The number of anilines is 1. The largest absolute Gasteiger partial charge is 0.481 e. The van der Waals surface area contributed by atoms with Gasteiger partial charge in [-0.15, -0.1) is 0 Å². The van der Waals surface area contributed by atoms with E-state index in [-0.39, 0.29) is 22.4 Å². The summed E-state index contributed by atoms with van der Waals surface area (Å²) >= 11 is 6.52. The van der Waals surface area contributed by atoms with Gasteiger partial charge >= 0.3 is 5.97 Å². The fourth-order valence-electron chi connectivity index (χ4n) is 6.97. The van der Waals surface area contributed by atoms with Gasteiger partial charge in [0.15, 0.2) is 0 Å². The second-order valence-electron chi connectivity index (χ2n) is 10.2. The minimum absolute atomic E-state index is 0.158. The molecule has 164 valence electrons. The lowest BCUT2D eigenvalue weighted by Gasteiger charge is -2.61. The predicted octanol–water partition coefficient (Wildman–Crippen LogP) is 4.59. The van der Waals surface area contributed by atoms with Crippen LogP contribution in [0.3, 0.4) is 0 Å². The maximum Gasteiger partial charge on any atom is 0.303 e. The van der Waals surface area contributed by atoms with E-state index in [0.717, 1.165) is 37.7 Å². The molecule has 1 heterocycles. The molecule has 31 heavy (non-hydrogen) atoms. The smallest absolute Gasteiger partial charge is 0.303 e. The molecule has 0 radical (unpaired) electrons. The van der Waals surface area contributed by atoms with Gasteiger partial charge in [-0.3, -0.25) is 9.59 Å². The Morgan fingerprint density at radius 2 is 1.90 bits per heavy atom. The van der Waals surface area contributed by atoms with Gasteiger partial charge in [0, 0.05) is 6.54 Å². The quantitative estimate of drug-likeness (QED) is 0.685. The highest BCUT2D eigenvalue weighted by atomic mass is 35.5. The highest BCUT2D eigenvalue weighted by Crippen LogP contribution is 2.65. The number of carboxylic acids is 1. The highest BCUT2D eigenvalue weighted by molar-refractivity contribution is 6.32. The average molecular weight is 442 g/mol. The van der Waals surface area contributed by atoms with E-state index in [9.17, 15) is 14.7 Å². The number of halogens is 1. The summed E-state index contributed by atoms with van der Waals surface area (Å²) in [5, 5.41) is 17.5. The monoisotopic (exact) mass is 441 g/mol. The van der Waals surface area contributed by atoms with Crippen LogP contribution in [0, 0.1) is 24.2 Å². The molecule has 0 spiro atoms. The summed E-state index contributed by atoms with van der Waals surface area (Å²) in [6.07, 6.45) is 7.38. The molecule has 0 aliphatic heterocycles. The van der Waals surface area contributed by atoms with Crippen LogP contribution in [0.5, 0.6) is 0 Å². The number of rotatable bonds is 6. The van der Waals surface area contributed by atoms with E-state index in [1.807, 2.05) is 19.1 Å². The molecule has 4 aliphatic rings. The normalized spacial score (nSPS) is 31.0. The summed E-state index contributed by atoms with van der Waals surface area (Å²) in [7, 11) is 0. The molecule has 7 heteroatoms. The van der Waals surface area contributed by atoms with Crippen molar-refractivity contribution in [1.29, 1.82) is 0 Å². The molecule has 1 aromatic carbocycles. The lowest BCUT2D eigenvalue weighted by atomic mass is 9.46. The molecule has 6 nitrogen and oxygen atoms in total. The molecular weight excluding hydrogens is 414 g/mol. The number of nitrogens with zero attached hydrogens (tertiary/aromatic N) is 2. The molecule has 2 unspecified atom stereocenters. The van der Waals surface area contributed by atoms with Gasteiger partial charge in [-0.2, -0.15) is 5.10 Å². The number of aliphatic carboxylic acids is 1. The van der Waals surface area contributed by atoms with Gasteiger partial charge in [0.1, 0.15) is 5.02 Å². The standard InChI is InChI=1S/C24H28ClN3O3/c1-15-2-4-16(5-3-15)12-26-19-13-27-28(22(31)21(19)25)24-9-17-6-18(10-24)8-23(7-17,14-24)11-20(29)30/h2-5,13,17-18,26H,6-12,14H2,1H3,(H,29,30). The van der Waals surface area contributed by atoms with Gasteiger partial charge in [0.25, 0.3) is 5.56 Å². The van der Waals surface area contributed by atoms with Crippen molar-refractivity contribution in [2.75, 3.05) is 5.32 Å². The Morgan fingerprint density at radius 3 is 2.55 bits per heavy atom. The van der Waals surface area contributed by atoms with Crippen LogP contribution >= 0.6 is 11.6 Å². The second-order valence-corrected chi connectivity index (χ2v) is 10.6. The number of carboxylic acid groups (broad SMARTS) is 1. The Balaban J connectivity index is 1.43. The molecule has 1 aromatic heterocycles. The molecule has 2 aromatic rings. The third-order valence-electron chi connectivity index (χ3n) is 7.65. The zero-order chi connectivity index (χ0) is 21.8. The van der Waals surface area contributed by atoms with Crippen molar-refractivity contribution in [3.63, 3.8) is 0 Å². The van der Waals surface area contributed by atoms with Crippen molar-refractivity contribution in [2.45, 2.75) is 64.0 Å². The number of hydrogen-bond donors (Lipinski definition) is 2. The molecule has 4 aliphatic carbocycles. The van der Waals surface area contributed by atoms with Crippen molar-refractivity contribution < 1.29 is 9.90 Å². The third-order valence-corrected chi connectivity index (χ3v) is 8.01. The lowest BCUT2D eigenvalue weighted by molar-refractivity contribution is -0.151. The summed E-state index contributed by atoms with van der Waals surface area (Å²) in [5.74, 6) is 0.186. The molecule has 2 atom stereocenters. The minimum Gasteiger partial charge on any atom is -0.481 e. The van der Waals surface area contributed by atoms with Crippen LogP contribution in [0.25, 0.3) is 0 Å². The van der Waals surface area contributed by atoms with Crippen LogP contribution in [0.4, 0.5) is 5.69 Å². The fraction of sp³-hybridized carbons (Fsp3) is 0.542. The number of carbonyl (C=O) groups is 1. The van der Waals surface area contributed by atoms with Gasteiger partial charge in [0.2, 0.25) is 0 Å². The van der Waals surface area contributed by atoms with E-state index in [0.29, 0.717) is 30.5 Å². The number of nitrogens with one attached hydrogen (secondary N) is 1. The van der Waals surface area contributed by atoms with Crippen LogP contribution in [-0.4, -0.2) is 20.9 Å². The van der Waals surface area contributed by atoms with Crippen molar-refractivity contribution in [3.05, 3.63) is 57.0 Å². The van der Waals surface area contributed by atoms with Crippen molar-refractivity contribution in [1.82, 2.24) is 9.78 Å². The number of hydrogen-bond acceptors (Lipinski definition) is 4. The maximum atomic E-state index is 13.3. The number of aromatic nitrogens is 2. The molecule has 6 rings (SSSR count). The van der Waals surface area contributed by atoms with Crippen molar-refractivity contribution in [3.8, 4) is 0 Å². The molecule has 4 saturated carbocycles. The van der Waals surface area contributed by atoms with E-state index in [1.54, 1.807) is 10.9 Å².